The lowest BCUT2D eigenvalue weighted by Crippen LogP contribution is -2.41. The highest BCUT2D eigenvalue weighted by molar-refractivity contribution is 7.99. The van der Waals surface area contributed by atoms with Crippen LogP contribution in [0.25, 0.3) is 0 Å². The van der Waals surface area contributed by atoms with Gasteiger partial charge in [-0.05, 0) is 36.5 Å². The molecule has 2 aliphatic heterocycles. The topological polar surface area (TPSA) is 60.9 Å². The Morgan fingerprint density at radius 1 is 0.933 bits per heavy atom. The molecule has 2 amide bonds. The first-order valence-corrected chi connectivity index (χ1v) is 11.6. The summed E-state index contributed by atoms with van der Waals surface area (Å²) in [5.74, 6) is 1.11. The number of carbonyl (C=O) groups excluding carboxylic acids is 2. The highest BCUT2D eigenvalue weighted by atomic mass is 32.2. The van der Waals surface area contributed by atoms with Gasteiger partial charge >= 0.3 is 0 Å². The zero-order valence-corrected chi connectivity index (χ0v) is 17.9. The van der Waals surface area contributed by atoms with E-state index in [4.69, 9.17) is 0 Å². The number of aliphatic hydroxyl groups is 1. The summed E-state index contributed by atoms with van der Waals surface area (Å²) in [6.07, 6.45) is 1.57. The predicted molar refractivity (Wildman–Crippen MR) is 119 cm³/mol. The zero-order chi connectivity index (χ0) is 20.9. The number of fused-ring (bicyclic) bond motifs is 1. The number of benzene rings is 2. The Balaban J connectivity index is 1.26. The van der Waals surface area contributed by atoms with E-state index in [-0.39, 0.29) is 30.6 Å². The molecule has 0 radical (unpaired) electrons. The summed E-state index contributed by atoms with van der Waals surface area (Å²) in [5, 5.41) is 10.6. The van der Waals surface area contributed by atoms with Crippen molar-refractivity contribution in [3.63, 3.8) is 0 Å². The van der Waals surface area contributed by atoms with Gasteiger partial charge in [0.15, 0.2) is 0 Å². The van der Waals surface area contributed by atoms with Crippen LogP contribution in [0.3, 0.4) is 0 Å². The molecule has 0 bridgehead atoms. The maximum Gasteiger partial charge on any atom is 0.227 e. The molecular weight excluding hydrogens is 396 g/mol. The highest BCUT2D eigenvalue weighted by Crippen LogP contribution is 2.35. The number of amides is 2. The van der Waals surface area contributed by atoms with Gasteiger partial charge in [-0.2, -0.15) is 0 Å². The fourth-order valence-electron chi connectivity index (χ4n) is 4.32. The molecule has 1 unspecified atom stereocenters. The average Bonchev–Trinajstić information content (AvgIpc) is 2.82. The van der Waals surface area contributed by atoms with Crippen molar-refractivity contribution in [2.75, 3.05) is 30.3 Å². The average molecular weight is 425 g/mol. The molecule has 2 aromatic rings. The molecule has 1 saturated heterocycles. The van der Waals surface area contributed by atoms with E-state index in [0.717, 1.165) is 34.7 Å². The van der Waals surface area contributed by atoms with Crippen LogP contribution in [0.2, 0.25) is 0 Å². The molecule has 0 spiro atoms. The number of rotatable bonds is 5. The molecule has 0 aliphatic carbocycles. The number of nitrogens with zero attached hydrogens (tertiary/aromatic N) is 2. The van der Waals surface area contributed by atoms with Gasteiger partial charge in [0.05, 0.1) is 11.8 Å². The van der Waals surface area contributed by atoms with Crippen LogP contribution in [0, 0.1) is 5.92 Å². The van der Waals surface area contributed by atoms with E-state index in [1.165, 1.54) is 0 Å². The summed E-state index contributed by atoms with van der Waals surface area (Å²) in [7, 11) is 0. The minimum Gasteiger partial charge on any atom is -0.388 e. The molecule has 30 heavy (non-hydrogen) atoms. The number of thioether (sulfide) groups is 1. The molecular formula is C24H28N2O3S. The number of aliphatic hydroxyl groups excluding tert-OH is 1. The van der Waals surface area contributed by atoms with Crippen molar-refractivity contribution in [2.24, 2.45) is 5.92 Å². The smallest absolute Gasteiger partial charge is 0.227 e. The first kappa shape index (κ1) is 20.9. The van der Waals surface area contributed by atoms with Crippen LogP contribution in [0.5, 0.6) is 0 Å². The summed E-state index contributed by atoms with van der Waals surface area (Å²) < 4.78 is 0. The summed E-state index contributed by atoms with van der Waals surface area (Å²) in [6.45, 7) is 1.98. The third kappa shape index (κ3) is 4.71. The third-order valence-electron chi connectivity index (χ3n) is 6.06. The van der Waals surface area contributed by atoms with Gasteiger partial charge in [-0.1, -0.05) is 42.5 Å². The van der Waals surface area contributed by atoms with Gasteiger partial charge in [-0.25, -0.2) is 0 Å². The number of carbonyl (C=O) groups is 2. The quantitative estimate of drug-likeness (QED) is 0.791. The first-order chi connectivity index (χ1) is 14.6. The molecule has 1 N–H and O–H groups in total. The summed E-state index contributed by atoms with van der Waals surface area (Å²) in [6, 6.07) is 17.7. The number of piperidine rings is 1. The van der Waals surface area contributed by atoms with Crippen LogP contribution in [0.1, 0.15) is 37.4 Å². The molecule has 2 aliphatic rings. The van der Waals surface area contributed by atoms with E-state index in [1.807, 2.05) is 64.4 Å². The molecule has 2 aromatic carbocycles. The predicted octanol–water partition coefficient (Wildman–Crippen LogP) is 3.88. The highest BCUT2D eigenvalue weighted by Gasteiger charge is 2.29. The van der Waals surface area contributed by atoms with Crippen LogP contribution < -0.4 is 4.90 Å². The van der Waals surface area contributed by atoms with Crippen molar-refractivity contribution in [2.45, 2.75) is 36.7 Å². The maximum absolute atomic E-state index is 12.8. The van der Waals surface area contributed by atoms with Crippen LogP contribution >= 0.6 is 11.8 Å². The lowest BCUT2D eigenvalue weighted by atomic mass is 9.87. The van der Waals surface area contributed by atoms with Crippen molar-refractivity contribution < 1.29 is 14.7 Å². The van der Waals surface area contributed by atoms with Gasteiger partial charge in [0.2, 0.25) is 11.8 Å². The summed E-state index contributed by atoms with van der Waals surface area (Å²) in [4.78, 5) is 30.2. The van der Waals surface area contributed by atoms with E-state index in [1.54, 1.807) is 11.8 Å². The second kappa shape index (κ2) is 9.67. The molecule has 6 heteroatoms. The lowest BCUT2D eigenvalue weighted by Gasteiger charge is -2.34. The monoisotopic (exact) mass is 424 g/mol. The van der Waals surface area contributed by atoms with Crippen molar-refractivity contribution in [1.82, 2.24) is 4.90 Å². The maximum atomic E-state index is 12.8. The number of anilines is 1. The third-order valence-corrected chi connectivity index (χ3v) is 7.11. The molecule has 158 valence electrons. The zero-order valence-electron chi connectivity index (χ0n) is 17.1. The Morgan fingerprint density at radius 2 is 1.60 bits per heavy atom. The Hall–Kier alpha value is -2.31. The van der Waals surface area contributed by atoms with Crippen LogP contribution in [-0.4, -0.2) is 47.2 Å². The Bertz CT molecular complexity index is 881. The van der Waals surface area contributed by atoms with Gasteiger partial charge in [0.25, 0.3) is 0 Å². The van der Waals surface area contributed by atoms with E-state index in [0.29, 0.717) is 19.6 Å². The molecule has 4 rings (SSSR count). The van der Waals surface area contributed by atoms with Crippen molar-refractivity contribution in [1.29, 1.82) is 0 Å². The van der Waals surface area contributed by atoms with E-state index < -0.39 is 6.10 Å². The normalized spacial score (nSPS) is 18.0. The lowest BCUT2D eigenvalue weighted by molar-refractivity contribution is -0.135. The van der Waals surface area contributed by atoms with Crippen molar-refractivity contribution >= 4 is 29.3 Å². The van der Waals surface area contributed by atoms with E-state index in [2.05, 4.69) is 0 Å². The standard InChI is InChI=1S/C24H28N2O3S/c27-22(10-11-23(28)26-16-17-30-21-9-5-4-8-20(21)26)25-14-12-19(13-15-25)24(29)18-6-2-1-3-7-18/h1-9,19,24,29H,10-17H2. The number of likely N-dealkylation sites (tertiary alicyclic amines) is 1. The largest absolute Gasteiger partial charge is 0.388 e. The van der Waals surface area contributed by atoms with Gasteiger partial charge < -0.3 is 14.9 Å². The fourth-order valence-corrected chi connectivity index (χ4v) is 5.32. The second-order valence-corrected chi connectivity index (χ2v) is 9.07. The van der Waals surface area contributed by atoms with E-state index in [9.17, 15) is 14.7 Å². The molecule has 1 atom stereocenters. The number of hydrogen-bond donors (Lipinski definition) is 1. The fraction of sp³-hybridized carbons (Fsp3) is 0.417. The summed E-state index contributed by atoms with van der Waals surface area (Å²) >= 11 is 1.77. The van der Waals surface area contributed by atoms with Gasteiger partial charge in [-0.15, -0.1) is 11.8 Å². The number of hydrogen-bond acceptors (Lipinski definition) is 4. The number of para-hydroxylation sites is 1. The van der Waals surface area contributed by atoms with Gasteiger partial charge in [0, 0.05) is 43.1 Å². The van der Waals surface area contributed by atoms with Crippen LogP contribution in [0.15, 0.2) is 59.5 Å². The second-order valence-electron chi connectivity index (χ2n) is 7.94. The van der Waals surface area contributed by atoms with Gasteiger partial charge in [0.1, 0.15) is 0 Å². The van der Waals surface area contributed by atoms with Crippen LogP contribution in [0.4, 0.5) is 5.69 Å². The first-order valence-electron chi connectivity index (χ1n) is 10.7. The SMILES string of the molecule is O=C(CCC(=O)N1CCSc2ccccc21)N1CCC(C(O)c2ccccc2)CC1. The van der Waals surface area contributed by atoms with Gasteiger partial charge in [-0.3, -0.25) is 9.59 Å². The molecule has 5 nitrogen and oxygen atoms in total. The summed E-state index contributed by atoms with van der Waals surface area (Å²) in [5.41, 5.74) is 1.90. The van der Waals surface area contributed by atoms with Crippen molar-refractivity contribution in [3.8, 4) is 0 Å². The minimum atomic E-state index is -0.484. The molecule has 0 saturated carbocycles. The van der Waals surface area contributed by atoms with E-state index >= 15 is 0 Å². The molecule has 1 fully saturated rings. The minimum absolute atomic E-state index is 0.0190. The molecule has 0 aromatic heterocycles. The Morgan fingerprint density at radius 3 is 2.37 bits per heavy atom. The Labute approximate surface area is 182 Å². The molecule has 2 heterocycles. The Kier molecular flexibility index (Phi) is 6.75. The van der Waals surface area contributed by atoms with Crippen molar-refractivity contribution in [3.05, 3.63) is 60.2 Å². The van der Waals surface area contributed by atoms with Crippen LogP contribution in [-0.2, 0) is 9.59 Å².